The molecule has 136 valence electrons. The van der Waals surface area contributed by atoms with E-state index in [0.717, 1.165) is 0 Å². The molecule has 2 saturated heterocycles. The number of halogens is 1. The normalized spacial score (nSPS) is 24.7. The first-order valence-electron chi connectivity index (χ1n) is 8.75. The maximum atomic E-state index is 13.9. The van der Waals surface area contributed by atoms with Crippen molar-refractivity contribution in [2.24, 2.45) is 0 Å². The SMILES string of the molecule is C[C@H]1OCCN[C@@H]1C(=O)N1CCCN(C(=O)c2ccccc2F)CC1. The predicted octanol–water partition coefficient (Wildman–Crippen LogP) is 0.877. The first kappa shape index (κ1) is 17.8. The predicted molar refractivity (Wildman–Crippen MR) is 90.7 cm³/mol. The van der Waals surface area contributed by atoms with Crippen molar-refractivity contribution in [3.8, 4) is 0 Å². The third-order valence-corrected chi connectivity index (χ3v) is 4.78. The van der Waals surface area contributed by atoms with E-state index in [-0.39, 0.29) is 29.5 Å². The highest BCUT2D eigenvalue weighted by atomic mass is 19.1. The van der Waals surface area contributed by atoms with Crippen molar-refractivity contribution in [2.75, 3.05) is 39.3 Å². The minimum absolute atomic E-state index is 0.00684. The highest BCUT2D eigenvalue weighted by molar-refractivity contribution is 5.94. The summed E-state index contributed by atoms with van der Waals surface area (Å²) in [6.45, 7) is 5.11. The second-order valence-electron chi connectivity index (χ2n) is 6.46. The van der Waals surface area contributed by atoms with Crippen LogP contribution in [0.4, 0.5) is 4.39 Å². The summed E-state index contributed by atoms with van der Waals surface area (Å²) >= 11 is 0. The molecule has 6 nitrogen and oxygen atoms in total. The minimum Gasteiger partial charge on any atom is -0.375 e. The van der Waals surface area contributed by atoms with Gasteiger partial charge in [-0.15, -0.1) is 0 Å². The topological polar surface area (TPSA) is 61.9 Å². The van der Waals surface area contributed by atoms with Crippen LogP contribution >= 0.6 is 0 Å². The van der Waals surface area contributed by atoms with Crippen molar-refractivity contribution in [3.05, 3.63) is 35.6 Å². The van der Waals surface area contributed by atoms with Gasteiger partial charge in [0.2, 0.25) is 5.91 Å². The van der Waals surface area contributed by atoms with Crippen molar-refractivity contribution in [1.82, 2.24) is 15.1 Å². The van der Waals surface area contributed by atoms with Crippen LogP contribution in [-0.2, 0) is 9.53 Å². The maximum absolute atomic E-state index is 13.9. The van der Waals surface area contributed by atoms with E-state index in [1.54, 1.807) is 21.9 Å². The summed E-state index contributed by atoms with van der Waals surface area (Å²) in [5, 5.41) is 3.21. The van der Waals surface area contributed by atoms with E-state index >= 15 is 0 Å². The number of hydrogen-bond donors (Lipinski definition) is 1. The summed E-state index contributed by atoms with van der Waals surface area (Å²) in [7, 11) is 0. The molecule has 0 spiro atoms. The zero-order chi connectivity index (χ0) is 17.8. The average Bonchev–Trinajstić information content (AvgIpc) is 2.87. The van der Waals surface area contributed by atoms with Crippen molar-refractivity contribution in [3.63, 3.8) is 0 Å². The van der Waals surface area contributed by atoms with Crippen LogP contribution in [0.25, 0.3) is 0 Å². The molecule has 0 bridgehead atoms. The molecule has 1 N–H and O–H groups in total. The Morgan fingerprint density at radius 3 is 2.64 bits per heavy atom. The van der Waals surface area contributed by atoms with Crippen molar-refractivity contribution < 1.29 is 18.7 Å². The summed E-state index contributed by atoms with van der Waals surface area (Å²) in [5.74, 6) is -0.825. The molecule has 2 amide bonds. The molecule has 0 unspecified atom stereocenters. The third kappa shape index (κ3) is 3.99. The quantitative estimate of drug-likeness (QED) is 0.861. The van der Waals surface area contributed by atoms with Gasteiger partial charge in [-0.2, -0.15) is 0 Å². The van der Waals surface area contributed by atoms with Gasteiger partial charge in [0.25, 0.3) is 5.91 Å². The fourth-order valence-corrected chi connectivity index (χ4v) is 3.35. The van der Waals surface area contributed by atoms with E-state index in [1.165, 1.54) is 12.1 Å². The second-order valence-corrected chi connectivity index (χ2v) is 6.46. The summed E-state index contributed by atoms with van der Waals surface area (Å²) in [4.78, 5) is 28.7. The lowest BCUT2D eigenvalue weighted by atomic mass is 10.1. The van der Waals surface area contributed by atoms with Crippen LogP contribution in [0.15, 0.2) is 24.3 Å². The van der Waals surface area contributed by atoms with Gasteiger partial charge in [-0.1, -0.05) is 12.1 Å². The van der Waals surface area contributed by atoms with Crippen molar-refractivity contribution in [2.45, 2.75) is 25.5 Å². The molecule has 1 aromatic rings. The number of carbonyl (C=O) groups is 2. The van der Waals surface area contributed by atoms with Gasteiger partial charge >= 0.3 is 0 Å². The van der Waals surface area contributed by atoms with Gasteiger partial charge in [0, 0.05) is 32.7 Å². The number of amides is 2. The standard InChI is InChI=1S/C18H24FN3O3/c1-13-16(20-7-12-25-13)18(24)22-9-4-8-21(10-11-22)17(23)14-5-2-3-6-15(14)19/h2-3,5-6,13,16,20H,4,7-12H2,1H3/t13-,16+/m1/s1. The molecule has 2 atom stereocenters. The van der Waals surface area contributed by atoms with Gasteiger partial charge in [-0.3, -0.25) is 9.59 Å². The molecule has 2 heterocycles. The molecular weight excluding hydrogens is 325 g/mol. The molecule has 2 fully saturated rings. The van der Waals surface area contributed by atoms with Crippen molar-refractivity contribution >= 4 is 11.8 Å². The van der Waals surface area contributed by atoms with E-state index < -0.39 is 5.82 Å². The second kappa shape index (κ2) is 7.93. The first-order valence-corrected chi connectivity index (χ1v) is 8.75. The number of carbonyl (C=O) groups excluding carboxylic acids is 2. The molecule has 2 aliphatic heterocycles. The molecule has 7 heteroatoms. The smallest absolute Gasteiger partial charge is 0.256 e. The van der Waals surface area contributed by atoms with Crippen LogP contribution in [-0.4, -0.2) is 73.1 Å². The lowest BCUT2D eigenvalue weighted by molar-refractivity contribution is -0.139. The average molecular weight is 349 g/mol. The van der Waals surface area contributed by atoms with E-state index in [4.69, 9.17) is 4.74 Å². The zero-order valence-electron chi connectivity index (χ0n) is 14.4. The molecule has 0 saturated carbocycles. The zero-order valence-corrected chi connectivity index (χ0v) is 14.4. The van der Waals surface area contributed by atoms with Gasteiger partial charge in [-0.05, 0) is 25.5 Å². The Hall–Kier alpha value is -1.99. The summed E-state index contributed by atoms with van der Waals surface area (Å²) in [5.41, 5.74) is 0.0817. The number of hydrogen-bond acceptors (Lipinski definition) is 4. The Kier molecular flexibility index (Phi) is 5.65. The summed E-state index contributed by atoms with van der Waals surface area (Å²) in [6, 6.07) is 5.66. The summed E-state index contributed by atoms with van der Waals surface area (Å²) in [6.07, 6.45) is 0.508. The monoisotopic (exact) mass is 349 g/mol. The Balaban J connectivity index is 1.63. The number of ether oxygens (including phenoxy) is 1. The van der Waals surface area contributed by atoms with Gasteiger partial charge < -0.3 is 19.9 Å². The minimum atomic E-state index is -0.512. The Morgan fingerprint density at radius 1 is 1.16 bits per heavy atom. The van der Waals surface area contributed by atoms with Crippen LogP contribution < -0.4 is 5.32 Å². The Morgan fingerprint density at radius 2 is 1.88 bits per heavy atom. The largest absolute Gasteiger partial charge is 0.375 e. The third-order valence-electron chi connectivity index (χ3n) is 4.78. The Bertz CT molecular complexity index is 640. The fourth-order valence-electron chi connectivity index (χ4n) is 3.35. The number of rotatable bonds is 2. The number of benzene rings is 1. The highest BCUT2D eigenvalue weighted by Gasteiger charge is 2.33. The highest BCUT2D eigenvalue weighted by Crippen LogP contribution is 2.14. The molecule has 0 aliphatic carbocycles. The number of morpholine rings is 1. The number of nitrogens with one attached hydrogen (secondary N) is 1. The maximum Gasteiger partial charge on any atom is 0.256 e. The molecule has 3 rings (SSSR count). The fraction of sp³-hybridized carbons (Fsp3) is 0.556. The first-order chi connectivity index (χ1) is 12.1. The number of nitrogens with zero attached hydrogens (tertiary/aromatic N) is 2. The van der Waals surface area contributed by atoms with Gasteiger partial charge in [0.1, 0.15) is 11.9 Å². The van der Waals surface area contributed by atoms with E-state index in [0.29, 0.717) is 45.8 Å². The van der Waals surface area contributed by atoms with Crippen LogP contribution in [0.2, 0.25) is 0 Å². The molecule has 0 radical (unpaired) electrons. The van der Waals surface area contributed by atoms with Crippen LogP contribution in [0.5, 0.6) is 0 Å². The van der Waals surface area contributed by atoms with Gasteiger partial charge in [-0.25, -0.2) is 4.39 Å². The van der Waals surface area contributed by atoms with Gasteiger partial charge in [0.15, 0.2) is 0 Å². The Labute approximate surface area is 146 Å². The van der Waals surface area contributed by atoms with E-state index in [9.17, 15) is 14.0 Å². The van der Waals surface area contributed by atoms with Crippen molar-refractivity contribution in [1.29, 1.82) is 0 Å². The van der Waals surface area contributed by atoms with Gasteiger partial charge in [0.05, 0.1) is 18.3 Å². The summed E-state index contributed by atoms with van der Waals surface area (Å²) < 4.78 is 19.4. The van der Waals surface area contributed by atoms with Crippen LogP contribution in [0.3, 0.4) is 0 Å². The molecular formula is C18H24FN3O3. The lowest BCUT2D eigenvalue weighted by Gasteiger charge is -2.33. The van der Waals surface area contributed by atoms with Crippen LogP contribution in [0, 0.1) is 5.82 Å². The lowest BCUT2D eigenvalue weighted by Crippen LogP contribution is -2.56. The molecule has 0 aromatic heterocycles. The van der Waals surface area contributed by atoms with E-state index in [1.807, 2.05) is 6.92 Å². The van der Waals surface area contributed by atoms with Crippen LogP contribution in [0.1, 0.15) is 23.7 Å². The molecule has 1 aromatic carbocycles. The molecule has 2 aliphatic rings. The van der Waals surface area contributed by atoms with E-state index in [2.05, 4.69) is 5.32 Å². The molecule has 25 heavy (non-hydrogen) atoms.